The van der Waals surface area contributed by atoms with Gasteiger partial charge >= 0.3 is 19.8 Å². The van der Waals surface area contributed by atoms with E-state index in [9.17, 15) is 63.2 Å². The number of nitrogens with one attached hydrogen (secondary N) is 6. The van der Waals surface area contributed by atoms with Gasteiger partial charge in [-0.3, -0.25) is 58.3 Å². The molecule has 2 aromatic rings. The molecule has 0 fully saturated rings. The summed E-state index contributed by atoms with van der Waals surface area (Å²) in [5.41, 5.74) is -0.0709. The van der Waals surface area contributed by atoms with E-state index in [1.54, 1.807) is 13.8 Å². The van der Waals surface area contributed by atoms with Gasteiger partial charge < -0.3 is 46.6 Å². The van der Waals surface area contributed by atoms with Crippen LogP contribution in [0, 0.1) is 16.0 Å². The number of aliphatic carboxylic acids is 2. The maximum atomic E-state index is 13.9. The van der Waals surface area contributed by atoms with Crippen LogP contribution in [-0.2, 0) is 44.5 Å². The lowest BCUT2D eigenvalue weighted by Crippen LogP contribution is -2.59. The molecule has 0 saturated carbocycles. The van der Waals surface area contributed by atoms with Crippen LogP contribution in [0.2, 0.25) is 0 Å². The molecule has 0 spiro atoms. The molecule has 334 valence electrons. The number of hydrogen-bond acceptors (Lipinski definition) is 13. The maximum absolute atomic E-state index is 13.9. The van der Waals surface area contributed by atoms with Crippen molar-refractivity contribution in [2.24, 2.45) is 5.92 Å². The third-order valence-corrected chi connectivity index (χ3v) is 9.43. The number of carbonyl (C=O) groups excluding carboxylic acids is 6. The Hall–Kier alpha value is -6.10. The Morgan fingerprint density at radius 2 is 1.30 bits per heavy atom. The number of phosphoric ester groups is 1. The summed E-state index contributed by atoms with van der Waals surface area (Å²) >= 11 is 4.05. The van der Waals surface area contributed by atoms with Crippen molar-refractivity contribution in [3.8, 4) is 5.75 Å². The van der Waals surface area contributed by atoms with E-state index in [4.69, 9.17) is 9.79 Å². The third-order valence-electron chi connectivity index (χ3n) is 8.75. The molecular formula is C36H48N7O16PS. The molecule has 2 rings (SSSR count). The molecule has 5 atom stereocenters. The molecule has 0 bridgehead atoms. The first kappa shape index (κ1) is 51.0. The van der Waals surface area contributed by atoms with Gasteiger partial charge in [0, 0.05) is 49.3 Å². The van der Waals surface area contributed by atoms with Crippen LogP contribution in [0.15, 0.2) is 48.5 Å². The van der Waals surface area contributed by atoms with Gasteiger partial charge in [0.05, 0.1) is 11.5 Å². The van der Waals surface area contributed by atoms with Gasteiger partial charge in [0.1, 0.15) is 29.9 Å². The number of rotatable bonds is 26. The number of carbonyl (C=O) groups is 8. The monoisotopic (exact) mass is 897 g/mol. The Kier molecular flexibility index (Phi) is 20.8. The molecule has 2 aromatic carbocycles. The summed E-state index contributed by atoms with van der Waals surface area (Å²) in [7, 11) is -4.94. The van der Waals surface area contributed by atoms with Crippen LogP contribution in [0.4, 0.5) is 5.69 Å². The molecule has 0 aromatic heterocycles. The molecule has 0 unspecified atom stereocenters. The normalized spacial score (nSPS) is 13.5. The summed E-state index contributed by atoms with van der Waals surface area (Å²) in [6, 6.07) is 3.30. The van der Waals surface area contributed by atoms with Crippen molar-refractivity contribution in [3.63, 3.8) is 0 Å². The Morgan fingerprint density at radius 1 is 0.770 bits per heavy atom. The Balaban J connectivity index is 2.40. The fourth-order valence-electron chi connectivity index (χ4n) is 5.37. The summed E-state index contributed by atoms with van der Waals surface area (Å²) in [6.07, 6.45) is -2.31. The van der Waals surface area contributed by atoms with Crippen molar-refractivity contribution in [2.45, 2.75) is 76.5 Å². The van der Waals surface area contributed by atoms with Gasteiger partial charge in [-0.15, -0.1) is 0 Å². The molecule has 25 heteroatoms. The SMILES string of the molecule is CC[C@H](C)[C@H](NC(=O)[C@H](CCC(=O)O)NC(=O)[C@H](CCC(=O)O)NC(=O)[C@H](Cc1ccc(OP(=O)(O)O)cc1)NC(=O)CNC(=O)c1ccc([N+](=O)[O-])cc1)C(=O)NCCS. The Morgan fingerprint density at radius 3 is 1.77 bits per heavy atom. The van der Waals surface area contributed by atoms with E-state index in [1.165, 1.54) is 12.1 Å². The largest absolute Gasteiger partial charge is 0.524 e. The topological polar surface area (TPSA) is 359 Å². The van der Waals surface area contributed by atoms with Gasteiger partial charge in [-0.05, 0) is 48.6 Å². The Bertz CT molecular complexity index is 1950. The minimum absolute atomic E-state index is 0.0416. The highest BCUT2D eigenvalue weighted by Gasteiger charge is 2.33. The van der Waals surface area contributed by atoms with Crippen molar-refractivity contribution >= 4 is 73.5 Å². The molecule has 61 heavy (non-hydrogen) atoms. The lowest BCUT2D eigenvalue weighted by atomic mass is 9.97. The molecule has 0 aliphatic carbocycles. The summed E-state index contributed by atoms with van der Waals surface area (Å²) in [5.74, 6) is -8.59. The summed E-state index contributed by atoms with van der Waals surface area (Å²) in [6.45, 7) is 2.88. The van der Waals surface area contributed by atoms with Crippen molar-refractivity contribution in [1.82, 2.24) is 31.9 Å². The van der Waals surface area contributed by atoms with E-state index in [1.807, 2.05) is 0 Å². The van der Waals surface area contributed by atoms with E-state index in [2.05, 4.69) is 49.1 Å². The fourth-order valence-corrected chi connectivity index (χ4v) is 5.88. The summed E-state index contributed by atoms with van der Waals surface area (Å²) in [4.78, 5) is 131. The number of nitrogens with zero attached hydrogens (tertiary/aromatic N) is 1. The highest BCUT2D eigenvalue weighted by Crippen LogP contribution is 2.37. The van der Waals surface area contributed by atoms with Crippen molar-refractivity contribution < 1.29 is 72.4 Å². The van der Waals surface area contributed by atoms with Crippen LogP contribution in [0.25, 0.3) is 0 Å². The number of thiol groups is 1. The van der Waals surface area contributed by atoms with Crippen LogP contribution in [0.5, 0.6) is 5.75 Å². The highest BCUT2D eigenvalue weighted by atomic mass is 32.1. The average Bonchev–Trinajstić information content (AvgIpc) is 3.20. The predicted molar refractivity (Wildman–Crippen MR) is 216 cm³/mol. The van der Waals surface area contributed by atoms with E-state index in [-0.39, 0.29) is 35.5 Å². The first-order valence-electron chi connectivity index (χ1n) is 18.5. The van der Waals surface area contributed by atoms with Crippen LogP contribution in [0.3, 0.4) is 0 Å². The van der Waals surface area contributed by atoms with Gasteiger partial charge in [0.2, 0.25) is 29.5 Å². The number of carboxylic acids is 2. The van der Waals surface area contributed by atoms with Gasteiger partial charge in [-0.25, -0.2) is 4.57 Å². The Labute approximate surface area is 353 Å². The first-order valence-corrected chi connectivity index (χ1v) is 20.7. The minimum atomic E-state index is -4.94. The van der Waals surface area contributed by atoms with Gasteiger partial charge in [0.25, 0.3) is 11.6 Å². The van der Waals surface area contributed by atoms with E-state index < -0.39 is 122 Å². The maximum Gasteiger partial charge on any atom is 0.524 e. The molecule has 0 heterocycles. The molecule has 10 N–H and O–H groups in total. The van der Waals surface area contributed by atoms with Crippen LogP contribution in [0.1, 0.15) is 61.9 Å². The number of carboxylic acid groups (broad SMARTS) is 2. The zero-order valence-electron chi connectivity index (χ0n) is 32.9. The standard InChI is InChI=1S/C36H48N7O16PS/c1-3-20(2)31(36(53)37-16-17-61)42-34(51)26(13-15-30(47)48)40-33(50)25(12-14-29(45)46)41-35(52)27(18-21-4-10-24(11-5-21)59-60(56,57)58)39-28(44)19-38-32(49)22-6-8-23(9-7-22)43(54)55/h4-11,20,25-27,31,61H,3,12-19H2,1-2H3,(H,37,53)(H,38,49)(H,39,44)(H,40,50)(H,41,52)(H,42,51)(H,45,46)(H,47,48)(H2,56,57,58)/t20-,25-,26-,27-,31-/m0/s1. The van der Waals surface area contributed by atoms with Gasteiger partial charge in [-0.2, -0.15) is 12.6 Å². The second-order valence-corrected chi connectivity index (χ2v) is 15.0. The predicted octanol–water partition coefficient (Wildman–Crippen LogP) is -0.200. The van der Waals surface area contributed by atoms with Gasteiger partial charge in [-0.1, -0.05) is 32.4 Å². The first-order chi connectivity index (χ1) is 28.6. The molecule has 23 nitrogen and oxygen atoms in total. The van der Waals surface area contributed by atoms with Gasteiger partial charge in [0.15, 0.2) is 0 Å². The minimum Gasteiger partial charge on any atom is -0.481 e. The highest BCUT2D eigenvalue weighted by molar-refractivity contribution is 7.80. The van der Waals surface area contributed by atoms with Crippen molar-refractivity contribution in [2.75, 3.05) is 18.8 Å². The van der Waals surface area contributed by atoms with Crippen molar-refractivity contribution in [1.29, 1.82) is 0 Å². The molecule has 0 saturated heterocycles. The third kappa shape index (κ3) is 18.8. The van der Waals surface area contributed by atoms with Crippen LogP contribution >= 0.6 is 20.5 Å². The quantitative estimate of drug-likeness (QED) is 0.0252. The molecular weight excluding hydrogens is 849 g/mol. The zero-order chi connectivity index (χ0) is 45.9. The molecule has 0 aliphatic rings. The zero-order valence-corrected chi connectivity index (χ0v) is 34.7. The molecule has 6 amide bonds. The number of non-ortho nitro benzene ring substituents is 1. The number of hydrogen-bond donors (Lipinski definition) is 11. The van der Waals surface area contributed by atoms with Crippen LogP contribution < -0.4 is 36.4 Å². The lowest BCUT2D eigenvalue weighted by Gasteiger charge is -2.28. The summed E-state index contributed by atoms with van der Waals surface area (Å²) in [5, 5.41) is 44.2. The van der Waals surface area contributed by atoms with Crippen LogP contribution in [-0.4, -0.2) is 115 Å². The molecule has 0 aliphatic heterocycles. The second kappa shape index (κ2) is 24.9. The number of nitro benzene ring substituents is 1. The fraction of sp³-hybridized carbons (Fsp3) is 0.444. The number of nitro groups is 1. The van der Waals surface area contributed by atoms with E-state index >= 15 is 0 Å². The van der Waals surface area contributed by atoms with Crippen molar-refractivity contribution in [3.05, 3.63) is 69.8 Å². The second-order valence-electron chi connectivity index (χ2n) is 13.4. The number of amides is 6. The molecule has 0 radical (unpaired) electrons. The summed E-state index contributed by atoms with van der Waals surface area (Å²) < 4.78 is 15.8. The average molecular weight is 898 g/mol. The van der Waals surface area contributed by atoms with E-state index in [0.29, 0.717) is 12.2 Å². The number of phosphoric acid groups is 1. The lowest BCUT2D eigenvalue weighted by molar-refractivity contribution is -0.384. The number of benzene rings is 2. The van der Waals surface area contributed by atoms with E-state index in [0.717, 1.165) is 36.4 Å². The smallest absolute Gasteiger partial charge is 0.481 e.